The van der Waals surface area contributed by atoms with Crippen molar-refractivity contribution in [3.05, 3.63) is 58.9 Å². The van der Waals surface area contributed by atoms with Crippen LogP contribution in [0.15, 0.2) is 42.5 Å². The van der Waals surface area contributed by atoms with E-state index in [1.807, 2.05) is 44.0 Å². The van der Waals surface area contributed by atoms with Crippen LogP contribution in [0.25, 0.3) is 0 Å². The average Bonchev–Trinajstić information content (AvgIpc) is 3.16. The van der Waals surface area contributed by atoms with Gasteiger partial charge in [0.1, 0.15) is 23.1 Å². The van der Waals surface area contributed by atoms with E-state index in [2.05, 4.69) is 10.2 Å². The molecule has 3 aromatic rings. The minimum Gasteiger partial charge on any atom is -0.490 e. The molecule has 31 heavy (non-hydrogen) atoms. The van der Waals surface area contributed by atoms with Gasteiger partial charge in [-0.3, -0.25) is 4.79 Å². The number of carbonyl (C=O) groups excluding carboxylic acids is 1. The van der Waals surface area contributed by atoms with E-state index in [9.17, 15) is 9.18 Å². The molecule has 160 valence electrons. The first-order valence-corrected chi connectivity index (χ1v) is 11.0. The number of hydrogen-bond acceptors (Lipinski definition) is 6. The van der Waals surface area contributed by atoms with Crippen LogP contribution in [0.5, 0.6) is 5.75 Å². The SMILES string of the molecule is CN(c1ccc(F)cc1)c1ccc2c(c1)N(c1nc3c(s1)C(=O)NC(C)(C)C3)CCO2. The van der Waals surface area contributed by atoms with E-state index in [0.717, 1.165) is 33.6 Å². The zero-order valence-electron chi connectivity index (χ0n) is 17.6. The molecule has 0 bridgehead atoms. The normalized spacial score (nSPS) is 16.8. The van der Waals surface area contributed by atoms with Crippen molar-refractivity contribution >= 4 is 39.4 Å². The van der Waals surface area contributed by atoms with Crippen LogP contribution in [-0.2, 0) is 6.42 Å². The Morgan fingerprint density at radius 3 is 2.71 bits per heavy atom. The molecule has 1 amide bonds. The van der Waals surface area contributed by atoms with Crippen LogP contribution >= 0.6 is 11.3 Å². The summed E-state index contributed by atoms with van der Waals surface area (Å²) >= 11 is 1.42. The van der Waals surface area contributed by atoms with Gasteiger partial charge < -0.3 is 19.9 Å². The van der Waals surface area contributed by atoms with E-state index in [1.165, 1.54) is 23.5 Å². The molecule has 1 aromatic heterocycles. The lowest BCUT2D eigenvalue weighted by molar-refractivity contribution is 0.0901. The van der Waals surface area contributed by atoms with Gasteiger partial charge in [-0.2, -0.15) is 0 Å². The lowest BCUT2D eigenvalue weighted by atomic mass is 9.94. The number of nitrogens with one attached hydrogen (secondary N) is 1. The maximum absolute atomic E-state index is 13.3. The number of anilines is 4. The van der Waals surface area contributed by atoms with Crippen LogP contribution in [0.2, 0.25) is 0 Å². The zero-order chi connectivity index (χ0) is 21.8. The van der Waals surface area contributed by atoms with Crippen LogP contribution < -0.4 is 19.9 Å². The third-order valence-electron chi connectivity index (χ3n) is 5.59. The van der Waals surface area contributed by atoms with Crippen LogP contribution in [0.4, 0.5) is 26.6 Å². The summed E-state index contributed by atoms with van der Waals surface area (Å²) in [5.74, 6) is 0.454. The third-order valence-corrected chi connectivity index (χ3v) is 6.71. The van der Waals surface area contributed by atoms with E-state index in [4.69, 9.17) is 9.72 Å². The van der Waals surface area contributed by atoms with Crippen molar-refractivity contribution < 1.29 is 13.9 Å². The molecule has 0 fully saturated rings. The van der Waals surface area contributed by atoms with Crippen molar-refractivity contribution in [2.45, 2.75) is 25.8 Å². The van der Waals surface area contributed by atoms with Gasteiger partial charge in [-0.1, -0.05) is 11.3 Å². The fraction of sp³-hybridized carbons (Fsp3) is 0.304. The number of rotatable bonds is 3. The Kier molecular flexibility index (Phi) is 4.62. The number of aromatic nitrogens is 1. The van der Waals surface area contributed by atoms with Crippen molar-refractivity contribution in [3.63, 3.8) is 0 Å². The molecule has 2 aliphatic rings. The predicted octanol–water partition coefficient (Wildman–Crippen LogP) is 4.65. The number of benzene rings is 2. The number of amides is 1. The Balaban J connectivity index is 1.51. The monoisotopic (exact) mass is 438 g/mol. The lowest BCUT2D eigenvalue weighted by Gasteiger charge is -2.31. The Bertz CT molecular complexity index is 1160. The third kappa shape index (κ3) is 3.61. The van der Waals surface area contributed by atoms with Crippen LogP contribution in [0, 0.1) is 5.82 Å². The maximum atomic E-state index is 13.3. The molecule has 0 radical (unpaired) electrons. The highest BCUT2D eigenvalue weighted by atomic mass is 32.1. The molecule has 5 rings (SSSR count). The summed E-state index contributed by atoms with van der Waals surface area (Å²) in [6, 6.07) is 12.4. The fourth-order valence-electron chi connectivity index (χ4n) is 4.01. The van der Waals surface area contributed by atoms with E-state index in [-0.39, 0.29) is 17.3 Å². The molecule has 0 saturated carbocycles. The van der Waals surface area contributed by atoms with E-state index in [0.29, 0.717) is 24.4 Å². The standard InChI is InChI=1S/C23H23FN4O2S/c1-23(2)13-17-20(21(29)26-23)31-22(25-17)28-10-11-30-19-9-8-16(12-18(19)28)27(3)15-6-4-14(24)5-7-15/h4-9,12H,10-11,13H2,1-3H3,(H,26,29). The van der Waals surface area contributed by atoms with Crippen LogP contribution in [0.1, 0.15) is 29.2 Å². The minimum atomic E-state index is -0.302. The van der Waals surface area contributed by atoms with Gasteiger partial charge in [-0.15, -0.1) is 0 Å². The Morgan fingerprint density at radius 2 is 1.94 bits per heavy atom. The van der Waals surface area contributed by atoms with Gasteiger partial charge in [-0.25, -0.2) is 9.37 Å². The second kappa shape index (κ2) is 7.23. The first-order chi connectivity index (χ1) is 14.8. The van der Waals surface area contributed by atoms with E-state index in [1.54, 1.807) is 12.1 Å². The van der Waals surface area contributed by atoms with E-state index >= 15 is 0 Å². The first kappa shape index (κ1) is 19.8. The summed E-state index contributed by atoms with van der Waals surface area (Å²) in [6.07, 6.45) is 0.703. The molecule has 0 unspecified atom stereocenters. The van der Waals surface area contributed by atoms with Gasteiger partial charge >= 0.3 is 0 Å². The van der Waals surface area contributed by atoms with Crippen molar-refractivity contribution in [3.8, 4) is 5.75 Å². The van der Waals surface area contributed by atoms with Gasteiger partial charge in [0.05, 0.1) is 17.9 Å². The zero-order valence-corrected chi connectivity index (χ0v) is 18.4. The number of hydrogen-bond donors (Lipinski definition) is 1. The van der Waals surface area contributed by atoms with Gasteiger partial charge in [0.2, 0.25) is 0 Å². The molecule has 6 nitrogen and oxygen atoms in total. The van der Waals surface area contributed by atoms with E-state index < -0.39 is 0 Å². The summed E-state index contributed by atoms with van der Waals surface area (Å²) in [5.41, 5.74) is 3.28. The van der Waals surface area contributed by atoms with Gasteiger partial charge in [-0.05, 0) is 56.3 Å². The number of thiazole rings is 1. The second-order valence-electron chi connectivity index (χ2n) is 8.47. The highest BCUT2D eigenvalue weighted by Crippen LogP contribution is 2.42. The topological polar surface area (TPSA) is 57.7 Å². The fourth-order valence-corrected chi connectivity index (χ4v) is 5.02. The predicted molar refractivity (Wildman–Crippen MR) is 121 cm³/mol. The summed E-state index contributed by atoms with van der Waals surface area (Å²) in [4.78, 5) is 22.2. The van der Waals surface area contributed by atoms with Crippen molar-refractivity contribution in [2.75, 3.05) is 30.0 Å². The van der Waals surface area contributed by atoms with Gasteiger partial charge in [0.25, 0.3) is 5.91 Å². The molecular formula is C23H23FN4O2S. The number of fused-ring (bicyclic) bond motifs is 2. The molecular weight excluding hydrogens is 415 g/mol. The van der Waals surface area contributed by atoms with Crippen molar-refractivity contribution in [1.29, 1.82) is 0 Å². The quantitative estimate of drug-likeness (QED) is 0.645. The molecule has 0 spiro atoms. The number of nitrogens with zero attached hydrogens (tertiary/aromatic N) is 3. The number of halogens is 1. The molecule has 3 heterocycles. The average molecular weight is 439 g/mol. The summed E-state index contributed by atoms with van der Waals surface area (Å²) in [6.45, 7) is 5.21. The first-order valence-electron chi connectivity index (χ1n) is 10.2. The van der Waals surface area contributed by atoms with Gasteiger partial charge in [0, 0.05) is 30.4 Å². The Hall–Kier alpha value is -3.13. The molecule has 0 aliphatic carbocycles. The second-order valence-corrected chi connectivity index (χ2v) is 9.45. The maximum Gasteiger partial charge on any atom is 0.263 e. The molecule has 8 heteroatoms. The summed E-state index contributed by atoms with van der Waals surface area (Å²) < 4.78 is 19.2. The molecule has 2 aromatic carbocycles. The van der Waals surface area contributed by atoms with Crippen LogP contribution in [0.3, 0.4) is 0 Å². The Morgan fingerprint density at radius 1 is 1.19 bits per heavy atom. The highest BCUT2D eigenvalue weighted by Gasteiger charge is 2.34. The molecule has 0 saturated heterocycles. The largest absolute Gasteiger partial charge is 0.490 e. The van der Waals surface area contributed by atoms with Gasteiger partial charge in [0.15, 0.2) is 5.13 Å². The number of carbonyl (C=O) groups is 1. The minimum absolute atomic E-state index is 0.0618. The molecule has 0 atom stereocenters. The van der Waals surface area contributed by atoms with Crippen LogP contribution in [-0.4, -0.2) is 36.6 Å². The van der Waals surface area contributed by atoms with Crippen molar-refractivity contribution in [2.24, 2.45) is 0 Å². The van der Waals surface area contributed by atoms with Crippen molar-refractivity contribution in [1.82, 2.24) is 10.3 Å². The lowest BCUT2D eigenvalue weighted by Crippen LogP contribution is -2.48. The summed E-state index contributed by atoms with van der Waals surface area (Å²) in [7, 11) is 1.94. The molecule has 1 N–H and O–H groups in total. The number of ether oxygens (including phenoxy) is 1. The smallest absolute Gasteiger partial charge is 0.263 e. The Labute approximate surface area is 184 Å². The molecule has 2 aliphatic heterocycles. The summed E-state index contributed by atoms with van der Waals surface area (Å²) in [5, 5.41) is 3.84. The highest BCUT2D eigenvalue weighted by molar-refractivity contribution is 7.17.